The average molecular weight is 444 g/mol. The van der Waals surface area contributed by atoms with Gasteiger partial charge in [-0.2, -0.15) is 5.10 Å². The van der Waals surface area contributed by atoms with Gasteiger partial charge < -0.3 is 11.1 Å². The highest BCUT2D eigenvalue weighted by Gasteiger charge is 2.32. The Labute approximate surface area is 182 Å². The van der Waals surface area contributed by atoms with Crippen molar-refractivity contribution >= 4 is 39.9 Å². The number of carbonyl (C=O) groups is 1. The SMILES string of the molecule is CCn1nc(C(=O)Nc2ccc(F)c(C3(C)CCSC(N)=N3)c2)cc1-c1cccs1. The molecular formula is C21H22FN5OS2. The van der Waals surface area contributed by atoms with Gasteiger partial charge in [-0.1, -0.05) is 17.8 Å². The fourth-order valence-electron chi connectivity index (χ4n) is 3.48. The summed E-state index contributed by atoms with van der Waals surface area (Å²) < 4.78 is 16.4. The topological polar surface area (TPSA) is 85.3 Å². The molecular weight excluding hydrogens is 421 g/mol. The normalized spacial score (nSPS) is 18.8. The van der Waals surface area contributed by atoms with E-state index < -0.39 is 5.54 Å². The van der Waals surface area contributed by atoms with E-state index in [1.54, 1.807) is 34.2 Å². The van der Waals surface area contributed by atoms with E-state index in [0.717, 1.165) is 16.3 Å². The van der Waals surface area contributed by atoms with Crippen molar-refractivity contribution in [2.45, 2.75) is 32.4 Å². The smallest absolute Gasteiger partial charge is 0.276 e. The highest BCUT2D eigenvalue weighted by molar-refractivity contribution is 8.13. The third kappa shape index (κ3) is 3.99. The molecule has 3 heterocycles. The lowest BCUT2D eigenvalue weighted by Gasteiger charge is -2.30. The maximum Gasteiger partial charge on any atom is 0.276 e. The molecule has 30 heavy (non-hydrogen) atoms. The van der Waals surface area contributed by atoms with Crippen molar-refractivity contribution in [3.63, 3.8) is 0 Å². The summed E-state index contributed by atoms with van der Waals surface area (Å²) in [4.78, 5) is 18.4. The number of nitrogens with two attached hydrogens (primary N) is 1. The molecule has 1 aromatic carbocycles. The van der Waals surface area contributed by atoms with Crippen LogP contribution < -0.4 is 11.1 Å². The molecule has 0 fully saturated rings. The minimum Gasteiger partial charge on any atom is -0.379 e. The van der Waals surface area contributed by atoms with Crippen molar-refractivity contribution < 1.29 is 9.18 Å². The molecule has 3 N–H and O–H groups in total. The minimum absolute atomic E-state index is 0.314. The molecule has 6 nitrogen and oxygen atoms in total. The molecule has 4 rings (SSSR count). The van der Waals surface area contributed by atoms with Crippen molar-refractivity contribution in [3.8, 4) is 10.6 Å². The van der Waals surface area contributed by atoms with Crippen LogP contribution in [0.25, 0.3) is 10.6 Å². The molecule has 1 amide bonds. The maximum absolute atomic E-state index is 14.6. The van der Waals surface area contributed by atoms with Crippen molar-refractivity contribution in [2.75, 3.05) is 11.1 Å². The van der Waals surface area contributed by atoms with Gasteiger partial charge in [-0.25, -0.2) is 4.39 Å². The zero-order valence-corrected chi connectivity index (χ0v) is 18.3. The molecule has 1 atom stereocenters. The number of hydrogen-bond acceptors (Lipinski definition) is 6. The van der Waals surface area contributed by atoms with Crippen LogP contribution in [-0.4, -0.2) is 26.6 Å². The Morgan fingerprint density at radius 1 is 1.37 bits per heavy atom. The molecule has 0 radical (unpaired) electrons. The molecule has 1 aliphatic heterocycles. The Kier molecular flexibility index (Phi) is 5.66. The Hall–Kier alpha value is -2.65. The van der Waals surface area contributed by atoms with Gasteiger partial charge in [0.15, 0.2) is 10.9 Å². The van der Waals surface area contributed by atoms with Crippen LogP contribution in [0.3, 0.4) is 0 Å². The number of amidine groups is 1. The van der Waals surface area contributed by atoms with E-state index in [4.69, 9.17) is 5.73 Å². The first kappa shape index (κ1) is 20.6. The second-order valence-corrected chi connectivity index (χ2v) is 9.24. The van der Waals surface area contributed by atoms with Crippen LogP contribution in [0.2, 0.25) is 0 Å². The van der Waals surface area contributed by atoms with E-state index in [0.29, 0.717) is 35.1 Å². The molecule has 0 saturated heterocycles. The lowest BCUT2D eigenvalue weighted by atomic mass is 9.89. The van der Waals surface area contributed by atoms with E-state index in [2.05, 4.69) is 15.4 Å². The van der Waals surface area contributed by atoms with Gasteiger partial charge in [0.25, 0.3) is 5.91 Å². The highest BCUT2D eigenvalue weighted by Crippen LogP contribution is 2.37. The number of halogens is 1. The summed E-state index contributed by atoms with van der Waals surface area (Å²) in [7, 11) is 0. The Bertz CT molecular complexity index is 1110. The molecule has 1 aliphatic rings. The van der Waals surface area contributed by atoms with Gasteiger partial charge in [-0.05, 0) is 56.0 Å². The molecule has 2 aromatic heterocycles. The van der Waals surface area contributed by atoms with E-state index in [1.165, 1.54) is 17.8 Å². The lowest BCUT2D eigenvalue weighted by Crippen LogP contribution is -2.29. The first-order valence-corrected chi connectivity index (χ1v) is 11.5. The summed E-state index contributed by atoms with van der Waals surface area (Å²) in [5.74, 6) is 0.0565. The maximum atomic E-state index is 14.6. The number of carbonyl (C=O) groups excluding carboxylic acids is 1. The summed E-state index contributed by atoms with van der Waals surface area (Å²) in [6.45, 7) is 4.49. The second kappa shape index (κ2) is 8.23. The number of anilines is 1. The Morgan fingerprint density at radius 3 is 2.90 bits per heavy atom. The quantitative estimate of drug-likeness (QED) is 0.599. The number of rotatable bonds is 5. The van der Waals surface area contributed by atoms with E-state index in [1.807, 2.05) is 31.4 Å². The lowest BCUT2D eigenvalue weighted by molar-refractivity contribution is 0.102. The van der Waals surface area contributed by atoms with Crippen LogP contribution in [0, 0.1) is 5.82 Å². The van der Waals surface area contributed by atoms with Crippen LogP contribution in [-0.2, 0) is 12.1 Å². The van der Waals surface area contributed by atoms with Gasteiger partial charge in [0.05, 0.1) is 16.1 Å². The van der Waals surface area contributed by atoms with E-state index in [-0.39, 0.29) is 11.7 Å². The number of aryl methyl sites for hydroxylation is 1. The van der Waals surface area contributed by atoms with E-state index >= 15 is 0 Å². The zero-order chi connectivity index (χ0) is 21.3. The third-order valence-electron chi connectivity index (χ3n) is 5.09. The van der Waals surface area contributed by atoms with Crippen molar-refractivity contribution in [1.82, 2.24) is 9.78 Å². The zero-order valence-electron chi connectivity index (χ0n) is 16.7. The Morgan fingerprint density at radius 2 is 2.20 bits per heavy atom. The van der Waals surface area contributed by atoms with Gasteiger partial charge in [0.2, 0.25) is 0 Å². The molecule has 0 saturated carbocycles. The van der Waals surface area contributed by atoms with Gasteiger partial charge >= 0.3 is 0 Å². The largest absolute Gasteiger partial charge is 0.379 e. The summed E-state index contributed by atoms with van der Waals surface area (Å²) in [5.41, 5.74) is 7.24. The van der Waals surface area contributed by atoms with Crippen LogP contribution in [0.5, 0.6) is 0 Å². The fourth-order valence-corrected chi connectivity index (χ4v) is 5.20. The molecule has 0 bridgehead atoms. The summed E-state index contributed by atoms with van der Waals surface area (Å²) >= 11 is 3.06. The van der Waals surface area contributed by atoms with Crippen LogP contribution in [0.15, 0.2) is 46.8 Å². The molecule has 3 aromatic rings. The van der Waals surface area contributed by atoms with Crippen LogP contribution in [0.1, 0.15) is 36.3 Å². The van der Waals surface area contributed by atoms with Gasteiger partial charge in [0, 0.05) is 23.5 Å². The first-order valence-electron chi connectivity index (χ1n) is 9.61. The number of thiophene rings is 1. The predicted molar refractivity (Wildman–Crippen MR) is 122 cm³/mol. The predicted octanol–water partition coefficient (Wildman–Crippen LogP) is 4.69. The van der Waals surface area contributed by atoms with E-state index in [9.17, 15) is 9.18 Å². The number of benzene rings is 1. The number of amides is 1. The van der Waals surface area contributed by atoms with Crippen LogP contribution >= 0.6 is 23.1 Å². The van der Waals surface area contributed by atoms with Crippen LogP contribution in [0.4, 0.5) is 10.1 Å². The second-order valence-electron chi connectivity index (χ2n) is 7.18. The van der Waals surface area contributed by atoms with Crippen molar-refractivity contribution in [1.29, 1.82) is 0 Å². The molecule has 0 aliphatic carbocycles. The standard InChI is InChI=1S/C21H22FN5OS2/c1-3-27-17(18-5-4-9-29-18)12-16(26-27)19(28)24-13-6-7-15(22)14(11-13)21(2)8-10-30-20(23)25-21/h4-7,9,11-12H,3,8,10H2,1-2H3,(H2,23,25)(H,24,28). The summed E-state index contributed by atoms with van der Waals surface area (Å²) in [6, 6.07) is 10.3. The monoisotopic (exact) mass is 443 g/mol. The average Bonchev–Trinajstić information content (AvgIpc) is 3.38. The molecule has 0 spiro atoms. The Balaban J connectivity index is 1.61. The third-order valence-corrected chi connectivity index (χ3v) is 6.77. The van der Waals surface area contributed by atoms with Crippen molar-refractivity contribution in [2.24, 2.45) is 10.7 Å². The molecule has 9 heteroatoms. The first-order chi connectivity index (χ1) is 14.4. The number of aromatic nitrogens is 2. The van der Waals surface area contributed by atoms with Gasteiger partial charge in [-0.3, -0.25) is 14.5 Å². The van der Waals surface area contributed by atoms with Crippen molar-refractivity contribution in [3.05, 3.63) is 58.9 Å². The summed E-state index contributed by atoms with van der Waals surface area (Å²) in [5, 5.41) is 9.71. The molecule has 1 unspecified atom stereocenters. The fraction of sp³-hybridized carbons (Fsp3) is 0.286. The number of aliphatic imine (C=N–C) groups is 1. The minimum atomic E-state index is -0.754. The number of nitrogens with one attached hydrogen (secondary N) is 1. The van der Waals surface area contributed by atoms with Gasteiger partial charge in [0.1, 0.15) is 5.82 Å². The number of nitrogens with zero attached hydrogens (tertiary/aromatic N) is 3. The van der Waals surface area contributed by atoms with Gasteiger partial charge in [-0.15, -0.1) is 11.3 Å². The molecule has 156 valence electrons. The number of thioether (sulfide) groups is 1. The summed E-state index contributed by atoms with van der Waals surface area (Å²) in [6.07, 6.45) is 0.664. The number of hydrogen-bond donors (Lipinski definition) is 2. The highest BCUT2D eigenvalue weighted by atomic mass is 32.2.